The largest absolute Gasteiger partial charge is 0.508 e. The second-order valence-corrected chi connectivity index (χ2v) is 9.12. The smallest absolute Gasteiger partial charge is 0.119 e. The van der Waals surface area contributed by atoms with Crippen LogP contribution in [0.5, 0.6) is 5.75 Å². The fraction of sp³-hybridized carbons (Fsp3) is 0.727. The molecule has 0 atom stereocenters. The zero-order chi connectivity index (χ0) is 18.4. The van der Waals surface area contributed by atoms with E-state index in [4.69, 9.17) is 0 Å². The molecule has 0 aliphatic rings. The Morgan fingerprint density at radius 2 is 1.42 bits per heavy atom. The van der Waals surface area contributed by atoms with Gasteiger partial charge in [0, 0.05) is 6.54 Å². The molecule has 0 saturated carbocycles. The first-order valence-electron chi connectivity index (χ1n) is 9.65. The van der Waals surface area contributed by atoms with Crippen molar-refractivity contribution in [2.45, 2.75) is 97.9 Å². The zero-order valence-corrected chi connectivity index (χ0v) is 17.1. The van der Waals surface area contributed by atoms with Crippen LogP contribution < -0.4 is 5.32 Å². The van der Waals surface area contributed by atoms with E-state index in [1.165, 1.54) is 43.2 Å². The van der Waals surface area contributed by atoms with Crippen LogP contribution in [0.25, 0.3) is 0 Å². The van der Waals surface area contributed by atoms with Crippen LogP contribution in [0.4, 0.5) is 0 Å². The van der Waals surface area contributed by atoms with Crippen molar-refractivity contribution in [3.63, 3.8) is 0 Å². The lowest BCUT2D eigenvalue weighted by atomic mass is 9.78. The molecular formula is C22H39NO. The molecule has 0 heterocycles. The SMILES string of the molecule is CCCCCCCNCc1cc(C(C)(C)C)c(O)cc1C(C)(C)C. The molecule has 0 aliphatic carbocycles. The van der Waals surface area contributed by atoms with Crippen LogP contribution in [0.1, 0.15) is 97.3 Å². The van der Waals surface area contributed by atoms with Gasteiger partial charge in [-0.05, 0) is 46.6 Å². The molecule has 2 heteroatoms. The molecule has 0 amide bonds. The lowest BCUT2D eigenvalue weighted by Crippen LogP contribution is -2.22. The summed E-state index contributed by atoms with van der Waals surface area (Å²) in [6.45, 7) is 17.3. The van der Waals surface area contributed by atoms with Crippen molar-refractivity contribution in [2.75, 3.05) is 6.54 Å². The van der Waals surface area contributed by atoms with E-state index >= 15 is 0 Å². The highest BCUT2D eigenvalue weighted by Gasteiger charge is 2.24. The van der Waals surface area contributed by atoms with Gasteiger partial charge >= 0.3 is 0 Å². The van der Waals surface area contributed by atoms with Crippen LogP contribution in [0.2, 0.25) is 0 Å². The summed E-state index contributed by atoms with van der Waals surface area (Å²) in [7, 11) is 0. The molecule has 138 valence electrons. The second-order valence-electron chi connectivity index (χ2n) is 9.12. The number of aromatic hydroxyl groups is 1. The van der Waals surface area contributed by atoms with Crippen molar-refractivity contribution < 1.29 is 5.11 Å². The highest BCUT2D eigenvalue weighted by molar-refractivity contribution is 5.47. The third kappa shape index (κ3) is 6.47. The molecule has 1 aromatic carbocycles. The summed E-state index contributed by atoms with van der Waals surface area (Å²) in [5, 5.41) is 14.1. The Kier molecular flexibility index (Phi) is 7.79. The maximum Gasteiger partial charge on any atom is 0.119 e. The highest BCUT2D eigenvalue weighted by atomic mass is 16.3. The van der Waals surface area contributed by atoms with Gasteiger partial charge in [0.1, 0.15) is 5.75 Å². The average molecular weight is 334 g/mol. The van der Waals surface area contributed by atoms with Crippen LogP contribution in [0.15, 0.2) is 12.1 Å². The minimum Gasteiger partial charge on any atom is -0.508 e. The molecular weight excluding hydrogens is 294 g/mol. The minimum atomic E-state index is -0.0462. The summed E-state index contributed by atoms with van der Waals surface area (Å²) >= 11 is 0. The van der Waals surface area contributed by atoms with Crippen LogP contribution in [0, 0.1) is 0 Å². The number of unbranched alkanes of at least 4 members (excludes halogenated alkanes) is 4. The van der Waals surface area contributed by atoms with Crippen molar-refractivity contribution in [1.82, 2.24) is 5.32 Å². The summed E-state index contributed by atoms with van der Waals surface area (Å²) in [6, 6.07) is 4.19. The van der Waals surface area contributed by atoms with Gasteiger partial charge in [0.25, 0.3) is 0 Å². The predicted molar refractivity (Wildman–Crippen MR) is 106 cm³/mol. The summed E-state index contributed by atoms with van der Waals surface area (Å²) in [5.41, 5.74) is 3.59. The van der Waals surface area contributed by atoms with Crippen molar-refractivity contribution in [3.05, 3.63) is 28.8 Å². The van der Waals surface area contributed by atoms with E-state index in [0.717, 1.165) is 18.7 Å². The van der Waals surface area contributed by atoms with Gasteiger partial charge in [0.15, 0.2) is 0 Å². The lowest BCUT2D eigenvalue weighted by molar-refractivity contribution is 0.441. The predicted octanol–water partition coefficient (Wildman–Crippen LogP) is 6.05. The van der Waals surface area contributed by atoms with Crippen molar-refractivity contribution in [3.8, 4) is 5.75 Å². The van der Waals surface area contributed by atoms with Gasteiger partial charge in [0.05, 0.1) is 0 Å². The number of benzene rings is 1. The van der Waals surface area contributed by atoms with E-state index in [-0.39, 0.29) is 10.8 Å². The van der Waals surface area contributed by atoms with Crippen molar-refractivity contribution in [2.24, 2.45) is 0 Å². The fourth-order valence-electron chi connectivity index (χ4n) is 3.15. The summed E-state index contributed by atoms with van der Waals surface area (Å²) in [5.74, 6) is 0.427. The quantitative estimate of drug-likeness (QED) is 0.568. The van der Waals surface area contributed by atoms with Gasteiger partial charge in [-0.2, -0.15) is 0 Å². The number of rotatable bonds is 8. The number of hydrogen-bond donors (Lipinski definition) is 2. The first kappa shape index (κ1) is 21.0. The van der Waals surface area contributed by atoms with Crippen LogP contribution in [0.3, 0.4) is 0 Å². The van der Waals surface area contributed by atoms with E-state index < -0.39 is 0 Å². The number of nitrogens with one attached hydrogen (secondary N) is 1. The zero-order valence-electron chi connectivity index (χ0n) is 17.1. The third-order valence-electron chi connectivity index (χ3n) is 4.61. The Morgan fingerprint density at radius 1 is 0.833 bits per heavy atom. The molecule has 0 aromatic heterocycles. The molecule has 24 heavy (non-hydrogen) atoms. The van der Waals surface area contributed by atoms with E-state index in [1.54, 1.807) is 0 Å². The lowest BCUT2D eigenvalue weighted by Gasteiger charge is -2.28. The molecule has 0 fully saturated rings. The molecule has 0 saturated heterocycles. The Bertz CT molecular complexity index is 506. The summed E-state index contributed by atoms with van der Waals surface area (Å²) < 4.78 is 0. The Balaban J connectivity index is 2.83. The van der Waals surface area contributed by atoms with Gasteiger partial charge in [-0.1, -0.05) is 80.2 Å². The van der Waals surface area contributed by atoms with Gasteiger partial charge in [-0.3, -0.25) is 0 Å². The maximum absolute atomic E-state index is 10.5. The number of phenolic OH excluding ortho intramolecular Hbond substituents is 1. The highest BCUT2D eigenvalue weighted by Crippen LogP contribution is 2.37. The van der Waals surface area contributed by atoms with E-state index in [0.29, 0.717) is 5.75 Å². The number of phenols is 1. The molecule has 0 bridgehead atoms. The van der Waals surface area contributed by atoms with Gasteiger partial charge < -0.3 is 10.4 Å². The van der Waals surface area contributed by atoms with Crippen molar-refractivity contribution in [1.29, 1.82) is 0 Å². The van der Waals surface area contributed by atoms with Gasteiger partial charge in [0.2, 0.25) is 0 Å². The van der Waals surface area contributed by atoms with E-state index in [2.05, 4.69) is 59.8 Å². The topological polar surface area (TPSA) is 32.3 Å². The summed E-state index contributed by atoms with van der Waals surface area (Å²) in [6.07, 6.45) is 6.55. The average Bonchev–Trinajstić information content (AvgIpc) is 2.45. The molecule has 2 N–H and O–H groups in total. The van der Waals surface area contributed by atoms with Crippen LogP contribution in [-0.2, 0) is 17.4 Å². The van der Waals surface area contributed by atoms with Gasteiger partial charge in [-0.25, -0.2) is 0 Å². The standard InChI is InChI=1S/C22H39NO/c1-8-9-10-11-12-13-23-16-17-14-19(22(5,6)7)20(24)15-18(17)21(2,3)4/h14-15,23-24H,8-13,16H2,1-7H3. The Labute approximate surface area is 150 Å². The molecule has 0 aliphatic heterocycles. The van der Waals surface area contributed by atoms with Crippen molar-refractivity contribution >= 4 is 0 Å². The third-order valence-corrected chi connectivity index (χ3v) is 4.61. The maximum atomic E-state index is 10.5. The molecule has 1 rings (SSSR count). The molecule has 1 aromatic rings. The first-order chi connectivity index (χ1) is 11.1. The monoisotopic (exact) mass is 333 g/mol. The summed E-state index contributed by atoms with van der Waals surface area (Å²) in [4.78, 5) is 0. The molecule has 2 nitrogen and oxygen atoms in total. The number of hydrogen-bond acceptors (Lipinski definition) is 2. The Morgan fingerprint density at radius 3 is 1.96 bits per heavy atom. The minimum absolute atomic E-state index is 0.0338. The van der Waals surface area contributed by atoms with Gasteiger partial charge in [-0.15, -0.1) is 0 Å². The Hall–Kier alpha value is -1.02. The first-order valence-corrected chi connectivity index (χ1v) is 9.65. The fourth-order valence-corrected chi connectivity index (χ4v) is 3.15. The van der Waals surface area contributed by atoms with E-state index in [1.807, 2.05) is 6.07 Å². The molecule has 0 spiro atoms. The van der Waals surface area contributed by atoms with E-state index in [9.17, 15) is 5.11 Å². The second kappa shape index (κ2) is 8.89. The van der Waals surface area contributed by atoms with Crippen LogP contribution in [-0.4, -0.2) is 11.7 Å². The molecule has 0 unspecified atom stereocenters. The molecule has 0 radical (unpaired) electrons. The normalized spacial score (nSPS) is 12.6. The van der Waals surface area contributed by atoms with Crippen LogP contribution >= 0.6 is 0 Å².